The topological polar surface area (TPSA) is 75.4 Å². The summed E-state index contributed by atoms with van der Waals surface area (Å²) < 4.78 is 5.80. The standard InChI is InChI=1S/C26H23N3O3/c30-24(18-14-16-29(17-15-18)26(31)20-6-2-1-3-7-20)27-21-12-10-19(11-13-21)25-28-22-8-4-5-9-23(22)32-25/h1-13,18H,14-17H2,(H,27,30). The number of oxazole rings is 1. The maximum absolute atomic E-state index is 12.7. The maximum Gasteiger partial charge on any atom is 0.253 e. The summed E-state index contributed by atoms with van der Waals surface area (Å²) in [5.74, 6) is 0.469. The summed E-state index contributed by atoms with van der Waals surface area (Å²) in [5.41, 5.74) is 3.84. The molecular formula is C26H23N3O3. The quantitative estimate of drug-likeness (QED) is 0.500. The van der Waals surface area contributed by atoms with Crippen LogP contribution in [0.4, 0.5) is 5.69 Å². The van der Waals surface area contributed by atoms with Gasteiger partial charge in [0.25, 0.3) is 5.91 Å². The molecule has 1 fully saturated rings. The fourth-order valence-corrected chi connectivity index (χ4v) is 4.04. The summed E-state index contributed by atoms with van der Waals surface area (Å²) in [5, 5.41) is 3.00. The van der Waals surface area contributed by atoms with Crippen molar-refractivity contribution >= 4 is 28.6 Å². The van der Waals surface area contributed by atoms with Crippen LogP contribution in [0.3, 0.4) is 0 Å². The molecule has 6 nitrogen and oxygen atoms in total. The zero-order valence-corrected chi connectivity index (χ0v) is 17.5. The normalized spacial score (nSPS) is 14.4. The first-order valence-corrected chi connectivity index (χ1v) is 10.8. The number of nitrogens with zero attached hydrogens (tertiary/aromatic N) is 2. The molecule has 0 unspecified atom stereocenters. The first-order valence-electron chi connectivity index (χ1n) is 10.8. The predicted octanol–water partition coefficient (Wildman–Crippen LogP) is 4.99. The first kappa shape index (κ1) is 20.0. The molecule has 0 saturated carbocycles. The van der Waals surface area contributed by atoms with Gasteiger partial charge in [0.05, 0.1) is 0 Å². The third kappa shape index (κ3) is 4.12. The van der Waals surface area contributed by atoms with Crippen LogP contribution in [0.5, 0.6) is 0 Å². The molecule has 2 heterocycles. The van der Waals surface area contributed by atoms with Crippen molar-refractivity contribution in [3.05, 3.63) is 84.4 Å². The number of likely N-dealkylation sites (tertiary alicyclic amines) is 1. The van der Waals surface area contributed by atoms with Gasteiger partial charge in [0.2, 0.25) is 11.8 Å². The van der Waals surface area contributed by atoms with Gasteiger partial charge in [-0.25, -0.2) is 4.98 Å². The summed E-state index contributed by atoms with van der Waals surface area (Å²) in [4.78, 5) is 31.7. The highest BCUT2D eigenvalue weighted by Crippen LogP contribution is 2.26. The van der Waals surface area contributed by atoms with Crippen LogP contribution in [0.2, 0.25) is 0 Å². The van der Waals surface area contributed by atoms with E-state index < -0.39 is 0 Å². The molecule has 0 atom stereocenters. The minimum absolute atomic E-state index is 0.00794. The number of nitrogens with one attached hydrogen (secondary N) is 1. The number of fused-ring (bicyclic) bond motifs is 1. The number of carbonyl (C=O) groups is 2. The lowest BCUT2D eigenvalue weighted by Gasteiger charge is -2.31. The zero-order chi connectivity index (χ0) is 21.9. The third-order valence-corrected chi connectivity index (χ3v) is 5.87. The molecule has 0 spiro atoms. The van der Waals surface area contributed by atoms with E-state index in [0.29, 0.717) is 37.4 Å². The molecule has 0 aliphatic carbocycles. The molecule has 1 N–H and O–H groups in total. The average molecular weight is 425 g/mol. The molecule has 6 heteroatoms. The van der Waals surface area contributed by atoms with Crippen LogP contribution in [0.25, 0.3) is 22.6 Å². The fraction of sp³-hybridized carbons (Fsp3) is 0.192. The van der Waals surface area contributed by atoms with Gasteiger partial charge >= 0.3 is 0 Å². The smallest absolute Gasteiger partial charge is 0.253 e. The van der Waals surface area contributed by atoms with Gasteiger partial charge in [0, 0.05) is 35.8 Å². The maximum atomic E-state index is 12.7. The van der Waals surface area contributed by atoms with Gasteiger partial charge in [-0.15, -0.1) is 0 Å². The molecule has 0 bridgehead atoms. The van der Waals surface area contributed by atoms with Crippen molar-refractivity contribution in [3.8, 4) is 11.5 Å². The van der Waals surface area contributed by atoms with Crippen molar-refractivity contribution in [1.82, 2.24) is 9.88 Å². The SMILES string of the molecule is O=C(Nc1ccc(-c2nc3ccccc3o2)cc1)C1CCN(C(=O)c2ccccc2)CC1. The Bertz CT molecular complexity index is 1210. The molecule has 2 amide bonds. The largest absolute Gasteiger partial charge is 0.436 e. The second-order valence-corrected chi connectivity index (χ2v) is 7.99. The Morgan fingerprint density at radius 3 is 2.28 bits per heavy atom. The van der Waals surface area contributed by atoms with E-state index >= 15 is 0 Å². The number of benzene rings is 3. The molecular weight excluding hydrogens is 402 g/mol. The van der Waals surface area contributed by atoms with Crippen LogP contribution in [0, 0.1) is 5.92 Å². The van der Waals surface area contributed by atoms with E-state index in [0.717, 1.165) is 22.4 Å². The Morgan fingerprint density at radius 2 is 1.56 bits per heavy atom. The highest BCUT2D eigenvalue weighted by atomic mass is 16.3. The van der Waals surface area contributed by atoms with Gasteiger partial charge in [-0.3, -0.25) is 9.59 Å². The summed E-state index contributed by atoms with van der Waals surface area (Å²) in [6.45, 7) is 1.17. The van der Waals surface area contributed by atoms with Gasteiger partial charge in [0.15, 0.2) is 5.58 Å². The second-order valence-electron chi connectivity index (χ2n) is 7.99. The van der Waals surface area contributed by atoms with Crippen LogP contribution in [0.1, 0.15) is 23.2 Å². The summed E-state index contributed by atoms with van der Waals surface area (Å²) in [6.07, 6.45) is 1.32. The predicted molar refractivity (Wildman–Crippen MR) is 123 cm³/mol. The van der Waals surface area contributed by atoms with Gasteiger partial charge in [-0.1, -0.05) is 30.3 Å². The molecule has 1 aliphatic heterocycles. The Balaban J connectivity index is 1.18. The summed E-state index contributed by atoms with van der Waals surface area (Å²) >= 11 is 0. The van der Waals surface area contributed by atoms with Crippen molar-refractivity contribution in [2.24, 2.45) is 5.92 Å². The highest BCUT2D eigenvalue weighted by molar-refractivity contribution is 5.95. The number of piperidine rings is 1. The van der Waals surface area contributed by atoms with Crippen molar-refractivity contribution in [1.29, 1.82) is 0 Å². The molecule has 1 aromatic heterocycles. The molecule has 5 rings (SSSR count). The molecule has 1 aliphatic rings. The van der Waals surface area contributed by atoms with Gasteiger partial charge < -0.3 is 14.6 Å². The monoisotopic (exact) mass is 425 g/mol. The van der Waals surface area contributed by atoms with Crippen molar-refractivity contribution in [2.45, 2.75) is 12.8 Å². The number of para-hydroxylation sites is 2. The third-order valence-electron chi connectivity index (χ3n) is 5.87. The Labute approximate surface area is 185 Å². The molecule has 160 valence electrons. The van der Waals surface area contributed by atoms with Gasteiger partial charge in [-0.05, 0) is 61.4 Å². The van der Waals surface area contributed by atoms with E-state index in [4.69, 9.17) is 4.42 Å². The lowest BCUT2D eigenvalue weighted by molar-refractivity contribution is -0.121. The number of hydrogen-bond acceptors (Lipinski definition) is 4. The number of rotatable bonds is 4. The Morgan fingerprint density at radius 1 is 0.875 bits per heavy atom. The average Bonchev–Trinajstić information content (AvgIpc) is 3.29. The van der Waals surface area contributed by atoms with Crippen LogP contribution < -0.4 is 5.32 Å². The van der Waals surface area contributed by atoms with Crippen LogP contribution in [-0.2, 0) is 4.79 Å². The Hall–Kier alpha value is -3.93. The number of aromatic nitrogens is 1. The molecule has 0 radical (unpaired) electrons. The van der Waals surface area contributed by atoms with Crippen molar-refractivity contribution < 1.29 is 14.0 Å². The van der Waals surface area contributed by atoms with E-state index in [-0.39, 0.29) is 17.7 Å². The van der Waals surface area contributed by atoms with Gasteiger partial charge in [0.1, 0.15) is 5.52 Å². The lowest BCUT2D eigenvalue weighted by atomic mass is 9.95. The van der Waals surface area contributed by atoms with Crippen molar-refractivity contribution in [2.75, 3.05) is 18.4 Å². The number of carbonyl (C=O) groups excluding carboxylic acids is 2. The minimum atomic E-state index is -0.105. The first-order chi connectivity index (χ1) is 15.7. The number of hydrogen-bond donors (Lipinski definition) is 1. The van der Waals surface area contributed by atoms with Crippen molar-refractivity contribution in [3.63, 3.8) is 0 Å². The van der Waals surface area contributed by atoms with E-state index in [1.54, 1.807) is 0 Å². The highest BCUT2D eigenvalue weighted by Gasteiger charge is 2.27. The van der Waals surface area contributed by atoms with E-state index in [1.165, 1.54) is 0 Å². The van der Waals surface area contributed by atoms with E-state index in [1.807, 2.05) is 83.8 Å². The minimum Gasteiger partial charge on any atom is -0.436 e. The van der Waals surface area contributed by atoms with Crippen LogP contribution >= 0.6 is 0 Å². The summed E-state index contributed by atoms with van der Waals surface area (Å²) in [7, 11) is 0. The molecule has 3 aromatic carbocycles. The molecule has 1 saturated heterocycles. The lowest BCUT2D eigenvalue weighted by Crippen LogP contribution is -2.41. The zero-order valence-electron chi connectivity index (χ0n) is 17.5. The fourth-order valence-electron chi connectivity index (χ4n) is 4.04. The van der Waals surface area contributed by atoms with E-state index in [9.17, 15) is 9.59 Å². The second kappa shape index (κ2) is 8.67. The molecule has 32 heavy (non-hydrogen) atoms. The van der Waals surface area contributed by atoms with Crippen LogP contribution in [0.15, 0.2) is 83.3 Å². The van der Waals surface area contributed by atoms with E-state index in [2.05, 4.69) is 10.3 Å². The summed E-state index contributed by atoms with van der Waals surface area (Å²) in [6, 6.07) is 24.4. The molecule has 4 aromatic rings. The van der Waals surface area contributed by atoms with Crippen LogP contribution in [-0.4, -0.2) is 34.8 Å². The number of amides is 2. The number of anilines is 1. The Kier molecular flexibility index (Phi) is 5.42. The van der Waals surface area contributed by atoms with Gasteiger partial charge in [-0.2, -0.15) is 0 Å².